The zero-order valence-electron chi connectivity index (χ0n) is 33.1. The van der Waals surface area contributed by atoms with Gasteiger partial charge in [0.1, 0.15) is 23.7 Å². The Morgan fingerprint density at radius 2 is 1.93 bits per heavy atom. The number of fused-ring (bicyclic) bond motifs is 5. The number of H-pyrrole nitrogens is 1. The van der Waals surface area contributed by atoms with Crippen molar-refractivity contribution < 1.29 is 38.7 Å². The summed E-state index contributed by atoms with van der Waals surface area (Å²) >= 11 is 0. The molecule has 4 aliphatic rings. The van der Waals surface area contributed by atoms with Gasteiger partial charge in [0.25, 0.3) is 0 Å². The Kier molecular flexibility index (Phi) is 11.1. The van der Waals surface area contributed by atoms with Crippen LogP contribution in [0.4, 0.5) is 0 Å². The smallest absolute Gasteiger partial charge is 0.191 e. The number of Topliss-reactive ketones (excluding diaryl/α,β-unsaturated/α-hetero) is 2. The number of carbonyl (C=O) groups is 2. The Labute approximate surface area is 327 Å². The minimum Gasteiger partial charge on any atom is -0.508 e. The predicted molar refractivity (Wildman–Crippen MR) is 212 cm³/mol. The summed E-state index contributed by atoms with van der Waals surface area (Å²) in [6.07, 6.45) is 4.25. The summed E-state index contributed by atoms with van der Waals surface area (Å²) in [5, 5.41) is 27.2. The highest BCUT2D eigenvalue weighted by Crippen LogP contribution is 2.45. The van der Waals surface area contributed by atoms with Gasteiger partial charge in [-0.15, -0.1) is 0 Å². The van der Waals surface area contributed by atoms with Crippen LogP contribution in [0.1, 0.15) is 91.1 Å². The van der Waals surface area contributed by atoms with Gasteiger partial charge in [-0.05, 0) is 101 Å². The Hall–Kier alpha value is -4.59. The number of pyridine rings is 1. The van der Waals surface area contributed by atoms with Gasteiger partial charge in [0, 0.05) is 40.1 Å². The van der Waals surface area contributed by atoms with Gasteiger partial charge in [0.2, 0.25) is 0 Å². The average molecular weight is 762 g/mol. The number of phenols is 1. The van der Waals surface area contributed by atoms with E-state index in [4.69, 9.17) is 18.9 Å². The molecule has 7 rings (SSSR count). The van der Waals surface area contributed by atoms with E-state index in [9.17, 15) is 19.8 Å². The van der Waals surface area contributed by atoms with Gasteiger partial charge in [-0.3, -0.25) is 14.6 Å². The maximum atomic E-state index is 14.9. The van der Waals surface area contributed by atoms with Gasteiger partial charge in [-0.25, -0.2) is 0 Å². The number of aliphatic hydroxyl groups is 1. The number of aromatic amines is 1. The number of nitrogens with zero attached hydrogens (tertiary/aromatic N) is 1. The lowest BCUT2D eigenvalue weighted by molar-refractivity contribution is -0.314. The van der Waals surface area contributed by atoms with Gasteiger partial charge in [0.15, 0.2) is 29.7 Å². The Balaban J connectivity index is 1.26. The molecule has 0 saturated carbocycles. The molecule has 56 heavy (non-hydrogen) atoms. The van der Waals surface area contributed by atoms with Crippen LogP contribution >= 0.6 is 0 Å². The highest BCUT2D eigenvalue weighted by atomic mass is 16.7. The molecule has 4 heterocycles. The fourth-order valence-electron chi connectivity index (χ4n) is 8.42. The van der Waals surface area contributed by atoms with Crippen LogP contribution in [0.5, 0.6) is 5.75 Å². The number of hydrogen-bond donors (Lipinski definition) is 4. The van der Waals surface area contributed by atoms with Crippen molar-refractivity contribution in [2.45, 2.75) is 135 Å². The maximum absolute atomic E-state index is 14.9. The van der Waals surface area contributed by atoms with Crippen LogP contribution in [-0.4, -0.2) is 86.4 Å². The van der Waals surface area contributed by atoms with Crippen molar-refractivity contribution in [2.75, 3.05) is 0 Å². The number of benzene rings is 1. The minimum absolute atomic E-state index is 0.121. The summed E-state index contributed by atoms with van der Waals surface area (Å²) in [6, 6.07) is 7.29. The van der Waals surface area contributed by atoms with Gasteiger partial charge in [0.05, 0.1) is 29.6 Å². The number of ketones is 2. The molecule has 3 aromatic rings. The van der Waals surface area contributed by atoms with E-state index in [-0.39, 0.29) is 54.0 Å². The number of rotatable bonds is 9. The molecule has 2 aliphatic carbocycles. The second-order valence-corrected chi connectivity index (χ2v) is 15.9. The number of nitrogens with one attached hydrogen (secondary N) is 2. The van der Waals surface area contributed by atoms with Crippen LogP contribution in [0, 0.1) is 29.1 Å². The molecule has 2 fully saturated rings. The van der Waals surface area contributed by atoms with Crippen LogP contribution in [0.2, 0.25) is 0 Å². The van der Waals surface area contributed by atoms with E-state index in [2.05, 4.69) is 52.8 Å². The van der Waals surface area contributed by atoms with Gasteiger partial charge in [-0.1, -0.05) is 50.5 Å². The van der Waals surface area contributed by atoms with Crippen molar-refractivity contribution in [1.82, 2.24) is 15.3 Å². The van der Waals surface area contributed by atoms with E-state index in [1.54, 1.807) is 43.5 Å². The van der Waals surface area contributed by atoms with E-state index in [0.717, 1.165) is 22.7 Å². The van der Waals surface area contributed by atoms with Crippen LogP contribution < -0.4 is 5.32 Å². The van der Waals surface area contributed by atoms with Gasteiger partial charge < -0.3 is 39.5 Å². The first-order valence-electron chi connectivity index (χ1n) is 19.6. The number of aromatic hydroxyl groups is 1. The molecule has 2 aromatic heterocycles. The molecule has 294 valence electrons. The molecule has 11 nitrogen and oxygen atoms in total. The molecular weight excluding hydrogens is 711 g/mol. The van der Waals surface area contributed by atoms with Crippen molar-refractivity contribution in [3.63, 3.8) is 0 Å². The molecule has 7 unspecified atom stereocenters. The normalized spacial score (nSPS) is 33.3. The van der Waals surface area contributed by atoms with Crippen LogP contribution in [0.15, 0.2) is 65.4 Å². The standard InChI is InChI=1S/C45H51N3O8/c1-8-13-32-39-26(4)35(50)23-45(32,52)20-12-10-9-11-14-36(39)56-43-37(55-38-18-17-33(27(5)53-38)47-25(2)3)24-44(7,28(6)54-43)42(51)41-40-30(19-21-46-41)31-22-29(49)15-16-34(31)48-40/h9-10,13,15-16,19,21-22,25,27-28,33,36-38,43,47-49,52H,8,17-18,23-24H2,1-7H3/b10-9-,32-13+/t27?,28?,33?,36-,37?,38?,43?,44?,45-/m0/s1. The molecule has 0 radical (unpaired) electrons. The molecule has 2 aliphatic heterocycles. The average Bonchev–Trinajstić information content (AvgIpc) is 3.52. The van der Waals surface area contributed by atoms with Gasteiger partial charge >= 0.3 is 0 Å². The molecule has 0 spiro atoms. The van der Waals surface area contributed by atoms with Gasteiger partial charge in [-0.2, -0.15) is 0 Å². The molecule has 11 heteroatoms. The largest absolute Gasteiger partial charge is 0.508 e. The number of carbonyl (C=O) groups excluding carboxylic acids is 2. The number of ether oxygens (including phenoxy) is 4. The topological polar surface area (TPSA) is 152 Å². The summed E-state index contributed by atoms with van der Waals surface area (Å²) in [5.74, 6) is 11.5. The molecular formula is C45H51N3O8. The third-order valence-corrected chi connectivity index (χ3v) is 11.6. The lowest BCUT2D eigenvalue weighted by Gasteiger charge is -2.47. The van der Waals surface area contributed by atoms with E-state index in [1.165, 1.54) is 0 Å². The third-order valence-electron chi connectivity index (χ3n) is 11.6. The number of phenolic OH excluding ortho intramolecular Hbond substituents is 1. The van der Waals surface area contributed by atoms with Crippen molar-refractivity contribution >= 4 is 33.4 Å². The first-order valence-corrected chi connectivity index (χ1v) is 19.6. The van der Waals surface area contributed by atoms with E-state index in [0.29, 0.717) is 35.1 Å². The van der Waals surface area contributed by atoms with Crippen LogP contribution in [0.25, 0.3) is 21.8 Å². The molecule has 2 bridgehead atoms. The summed E-state index contributed by atoms with van der Waals surface area (Å²) in [4.78, 5) is 36.3. The second-order valence-electron chi connectivity index (χ2n) is 15.9. The van der Waals surface area contributed by atoms with E-state index < -0.39 is 41.9 Å². The minimum atomic E-state index is -1.73. The molecule has 0 amide bonds. The molecule has 1 aromatic carbocycles. The predicted octanol–water partition coefficient (Wildman–Crippen LogP) is 6.34. The fourth-order valence-corrected chi connectivity index (χ4v) is 8.42. The summed E-state index contributed by atoms with van der Waals surface area (Å²) < 4.78 is 26.8. The second kappa shape index (κ2) is 15.7. The Morgan fingerprint density at radius 3 is 2.68 bits per heavy atom. The summed E-state index contributed by atoms with van der Waals surface area (Å²) in [6.45, 7) is 13.6. The van der Waals surface area contributed by atoms with Crippen LogP contribution in [-0.2, 0) is 23.7 Å². The monoisotopic (exact) mass is 761 g/mol. The highest BCUT2D eigenvalue weighted by Gasteiger charge is 2.53. The summed E-state index contributed by atoms with van der Waals surface area (Å²) in [7, 11) is 0. The Morgan fingerprint density at radius 1 is 1.14 bits per heavy atom. The van der Waals surface area contributed by atoms with Crippen molar-refractivity contribution in [3.8, 4) is 29.4 Å². The number of allylic oxidation sites excluding steroid dienone is 4. The molecule has 4 N–H and O–H groups in total. The SMILES string of the molecule is CC/C=C1\C2=C(C)C(=O)C[C@@]1(O)C#C/C=C\C#C[C@@H]2OC1OC(C)C(C)(C(=O)c2nccc3c2[nH]c2ccc(O)cc23)CC1OC1CCC(NC(C)C)C(C)O1. The lowest BCUT2D eigenvalue weighted by Crippen LogP contribution is -2.57. The van der Waals surface area contributed by atoms with E-state index >= 15 is 0 Å². The first kappa shape index (κ1) is 39.6. The van der Waals surface area contributed by atoms with Crippen molar-refractivity contribution in [1.29, 1.82) is 0 Å². The first-order chi connectivity index (χ1) is 26.7. The zero-order chi connectivity index (χ0) is 39.9. The summed E-state index contributed by atoms with van der Waals surface area (Å²) in [5.41, 5.74) is 0.0837. The number of aromatic nitrogens is 2. The van der Waals surface area contributed by atoms with Crippen LogP contribution in [0.3, 0.4) is 0 Å². The van der Waals surface area contributed by atoms with Crippen molar-refractivity contribution in [3.05, 3.63) is 71.1 Å². The third kappa shape index (κ3) is 7.48. The van der Waals surface area contributed by atoms with Crippen molar-refractivity contribution in [2.24, 2.45) is 5.41 Å². The fraction of sp³-hybridized carbons (Fsp3) is 0.489. The Bertz CT molecular complexity index is 2270. The highest BCUT2D eigenvalue weighted by molar-refractivity contribution is 6.15. The zero-order valence-corrected chi connectivity index (χ0v) is 33.1. The maximum Gasteiger partial charge on any atom is 0.191 e. The number of hydrogen-bond acceptors (Lipinski definition) is 10. The quantitative estimate of drug-likeness (QED) is 0.144. The molecule has 9 atom stereocenters. The molecule has 2 saturated heterocycles. The van der Waals surface area contributed by atoms with E-state index in [1.807, 2.05) is 39.8 Å². The lowest BCUT2D eigenvalue weighted by atomic mass is 9.72.